The van der Waals surface area contributed by atoms with Crippen LogP contribution in [-0.2, 0) is 9.53 Å². The van der Waals surface area contributed by atoms with E-state index in [2.05, 4.69) is 5.32 Å². The second kappa shape index (κ2) is 9.56. The fourth-order valence-corrected chi connectivity index (χ4v) is 2.30. The van der Waals surface area contributed by atoms with Crippen LogP contribution in [0.15, 0.2) is 36.4 Å². The maximum Gasteiger partial charge on any atom is 0.338 e. The Bertz CT molecular complexity index is 822. The fraction of sp³-hybridized carbons (Fsp3) is 0.300. The third kappa shape index (κ3) is 5.70. The third-order valence-corrected chi connectivity index (χ3v) is 3.51. The van der Waals surface area contributed by atoms with Gasteiger partial charge < -0.3 is 19.5 Å². The number of halogens is 1. The fourth-order valence-electron chi connectivity index (χ4n) is 2.30. The van der Waals surface area contributed by atoms with Crippen molar-refractivity contribution in [2.24, 2.45) is 0 Å². The van der Waals surface area contributed by atoms with Crippen LogP contribution in [0.2, 0.25) is 0 Å². The highest BCUT2D eigenvalue weighted by Crippen LogP contribution is 2.28. The van der Waals surface area contributed by atoms with Gasteiger partial charge in [-0.1, -0.05) is 6.07 Å². The quantitative estimate of drug-likeness (QED) is 0.712. The summed E-state index contributed by atoms with van der Waals surface area (Å²) in [5.41, 5.74) is 0.982. The number of rotatable bonds is 8. The van der Waals surface area contributed by atoms with Crippen LogP contribution in [0.4, 0.5) is 10.1 Å². The molecule has 2 aromatic rings. The molecule has 0 aromatic heterocycles. The number of nitrogens with one attached hydrogen (secondary N) is 1. The second-order valence-electron chi connectivity index (χ2n) is 5.64. The number of hydrogen-bond donors (Lipinski definition) is 1. The van der Waals surface area contributed by atoms with Crippen LogP contribution in [-0.4, -0.2) is 31.7 Å². The first-order valence-electron chi connectivity index (χ1n) is 8.57. The standard InChI is InChI=1S/C20H22FNO5/c1-4-25-17-9-7-14(11-18(17)26-5-2)20(24)27-12-19(23)22-16-8-6-13(3)10-15(16)21/h6-11H,4-5,12H2,1-3H3,(H,22,23). The molecule has 0 saturated heterocycles. The van der Waals surface area contributed by atoms with Crippen LogP contribution in [0.1, 0.15) is 29.8 Å². The summed E-state index contributed by atoms with van der Waals surface area (Å²) in [6.45, 7) is 5.72. The minimum absolute atomic E-state index is 0.0290. The van der Waals surface area contributed by atoms with Gasteiger partial charge in [0, 0.05) is 0 Å². The van der Waals surface area contributed by atoms with E-state index in [4.69, 9.17) is 14.2 Å². The molecule has 0 radical (unpaired) electrons. The van der Waals surface area contributed by atoms with Gasteiger partial charge in [0.2, 0.25) is 0 Å². The number of carbonyl (C=O) groups is 2. The molecule has 0 bridgehead atoms. The lowest BCUT2D eigenvalue weighted by Crippen LogP contribution is -2.21. The predicted octanol–water partition coefficient (Wildman–Crippen LogP) is 3.73. The van der Waals surface area contributed by atoms with Gasteiger partial charge in [0.05, 0.1) is 24.5 Å². The maximum atomic E-state index is 13.7. The smallest absolute Gasteiger partial charge is 0.338 e. The van der Waals surface area contributed by atoms with Crippen molar-refractivity contribution in [1.29, 1.82) is 0 Å². The van der Waals surface area contributed by atoms with Crippen LogP contribution in [0.5, 0.6) is 11.5 Å². The molecule has 0 saturated carbocycles. The Kier molecular flexibility index (Phi) is 7.16. The summed E-state index contributed by atoms with van der Waals surface area (Å²) < 4.78 is 29.6. The molecule has 1 amide bonds. The lowest BCUT2D eigenvalue weighted by Gasteiger charge is -2.12. The normalized spacial score (nSPS) is 10.2. The van der Waals surface area contributed by atoms with E-state index in [1.165, 1.54) is 24.3 Å². The van der Waals surface area contributed by atoms with E-state index in [1.54, 1.807) is 19.1 Å². The van der Waals surface area contributed by atoms with Gasteiger partial charge in [-0.25, -0.2) is 9.18 Å². The molecule has 6 nitrogen and oxygen atoms in total. The molecule has 144 valence electrons. The van der Waals surface area contributed by atoms with Crippen molar-refractivity contribution in [3.8, 4) is 11.5 Å². The molecule has 7 heteroatoms. The van der Waals surface area contributed by atoms with Gasteiger partial charge in [0.25, 0.3) is 5.91 Å². The number of benzene rings is 2. The summed E-state index contributed by atoms with van der Waals surface area (Å²) in [5.74, 6) is -0.952. The Hall–Kier alpha value is -3.09. The van der Waals surface area contributed by atoms with Gasteiger partial charge >= 0.3 is 5.97 Å². The van der Waals surface area contributed by atoms with Crippen molar-refractivity contribution in [3.05, 3.63) is 53.3 Å². The van der Waals surface area contributed by atoms with Crippen molar-refractivity contribution >= 4 is 17.6 Å². The van der Waals surface area contributed by atoms with Crippen molar-refractivity contribution < 1.29 is 28.2 Å². The Morgan fingerprint density at radius 1 is 1.00 bits per heavy atom. The lowest BCUT2D eigenvalue weighted by molar-refractivity contribution is -0.119. The van der Waals surface area contributed by atoms with Crippen molar-refractivity contribution in [2.75, 3.05) is 25.1 Å². The zero-order chi connectivity index (χ0) is 19.8. The monoisotopic (exact) mass is 375 g/mol. The number of aryl methyl sites for hydroxylation is 1. The summed E-state index contributed by atoms with van der Waals surface area (Å²) in [5, 5.41) is 2.37. The van der Waals surface area contributed by atoms with E-state index in [0.29, 0.717) is 24.7 Å². The third-order valence-electron chi connectivity index (χ3n) is 3.51. The largest absolute Gasteiger partial charge is 0.490 e. The highest BCUT2D eigenvalue weighted by Gasteiger charge is 2.15. The number of hydrogen-bond acceptors (Lipinski definition) is 5. The molecular weight excluding hydrogens is 353 g/mol. The van der Waals surface area contributed by atoms with Crippen molar-refractivity contribution in [3.63, 3.8) is 0 Å². The van der Waals surface area contributed by atoms with E-state index < -0.39 is 24.3 Å². The molecule has 0 aliphatic carbocycles. The molecule has 2 rings (SSSR count). The van der Waals surface area contributed by atoms with E-state index in [9.17, 15) is 14.0 Å². The molecule has 27 heavy (non-hydrogen) atoms. The molecule has 0 spiro atoms. The van der Waals surface area contributed by atoms with Gasteiger partial charge in [-0.15, -0.1) is 0 Å². The molecule has 0 unspecified atom stereocenters. The van der Waals surface area contributed by atoms with Crippen molar-refractivity contribution in [2.45, 2.75) is 20.8 Å². The summed E-state index contributed by atoms with van der Waals surface area (Å²) in [6.07, 6.45) is 0. The molecule has 0 aliphatic heterocycles. The highest BCUT2D eigenvalue weighted by atomic mass is 19.1. The average molecular weight is 375 g/mol. The van der Waals surface area contributed by atoms with Gasteiger partial charge in [-0.2, -0.15) is 0 Å². The van der Waals surface area contributed by atoms with Gasteiger partial charge in [0.15, 0.2) is 18.1 Å². The number of carbonyl (C=O) groups excluding carboxylic acids is 2. The van der Waals surface area contributed by atoms with Crippen LogP contribution < -0.4 is 14.8 Å². The Morgan fingerprint density at radius 3 is 2.37 bits per heavy atom. The maximum absolute atomic E-state index is 13.7. The van der Waals surface area contributed by atoms with Crippen LogP contribution in [0.3, 0.4) is 0 Å². The predicted molar refractivity (Wildman–Crippen MR) is 98.8 cm³/mol. The Morgan fingerprint density at radius 2 is 1.70 bits per heavy atom. The van der Waals surface area contributed by atoms with Crippen molar-refractivity contribution in [1.82, 2.24) is 0 Å². The summed E-state index contributed by atoms with van der Waals surface area (Å²) in [6, 6.07) is 9.04. The Labute approximate surface area is 157 Å². The SMILES string of the molecule is CCOc1ccc(C(=O)OCC(=O)Nc2ccc(C)cc2F)cc1OCC. The number of amides is 1. The van der Waals surface area contributed by atoms with Gasteiger partial charge in [-0.3, -0.25) is 4.79 Å². The topological polar surface area (TPSA) is 73.9 Å². The average Bonchev–Trinajstić information content (AvgIpc) is 2.64. The molecule has 1 N–H and O–H groups in total. The van der Waals surface area contributed by atoms with Crippen LogP contribution >= 0.6 is 0 Å². The first-order chi connectivity index (χ1) is 12.9. The molecule has 0 aliphatic rings. The minimum atomic E-state index is -0.696. The molecular formula is C20H22FNO5. The zero-order valence-electron chi connectivity index (χ0n) is 15.5. The Balaban J connectivity index is 1.98. The summed E-state index contributed by atoms with van der Waals surface area (Å²) >= 11 is 0. The zero-order valence-corrected chi connectivity index (χ0v) is 15.5. The first kappa shape index (κ1) is 20.2. The minimum Gasteiger partial charge on any atom is -0.490 e. The molecule has 0 atom stereocenters. The van der Waals surface area contributed by atoms with E-state index in [-0.39, 0.29) is 11.3 Å². The van der Waals surface area contributed by atoms with Gasteiger partial charge in [-0.05, 0) is 56.7 Å². The molecule has 0 fully saturated rings. The molecule has 0 heterocycles. The summed E-state index contributed by atoms with van der Waals surface area (Å²) in [4.78, 5) is 24.1. The van der Waals surface area contributed by atoms with Crippen LogP contribution in [0, 0.1) is 12.7 Å². The molecule has 2 aromatic carbocycles. The number of ether oxygens (including phenoxy) is 3. The number of esters is 1. The van der Waals surface area contributed by atoms with E-state index >= 15 is 0 Å². The highest BCUT2D eigenvalue weighted by molar-refractivity contribution is 5.95. The number of anilines is 1. The first-order valence-corrected chi connectivity index (χ1v) is 8.57. The summed E-state index contributed by atoms with van der Waals surface area (Å²) in [7, 11) is 0. The van der Waals surface area contributed by atoms with Crippen LogP contribution in [0.25, 0.3) is 0 Å². The van der Waals surface area contributed by atoms with E-state index in [0.717, 1.165) is 5.56 Å². The van der Waals surface area contributed by atoms with E-state index in [1.807, 2.05) is 13.8 Å². The lowest BCUT2D eigenvalue weighted by atomic mass is 10.2. The second-order valence-corrected chi connectivity index (χ2v) is 5.64. The van der Waals surface area contributed by atoms with Gasteiger partial charge in [0.1, 0.15) is 5.82 Å².